The van der Waals surface area contributed by atoms with Gasteiger partial charge in [0.15, 0.2) is 5.13 Å². The number of carbonyl (C=O) groups is 1. The molecule has 2 heterocycles. The van der Waals surface area contributed by atoms with Crippen molar-refractivity contribution in [1.29, 1.82) is 0 Å². The quantitative estimate of drug-likeness (QED) is 0.826. The van der Waals surface area contributed by atoms with Gasteiger partial charge in [-0.15, -0.1) is 11.3 Å². The molecule has 5 heteroatoms. The Morgan fingerprint density at radius 2 is 2.33 bits per heavy atom. The van der Waals surface area contributed by atoms with Gasteiger partial charge >= 0.3 is 5.97 Å². The number of hydrogen-bond acceptors (Lipinski definition) is 4. The Kier molecular flexibility index (Phi) is 1.95. The zero-order chi connectivity index (χ0) is 10.4. The summed E-state index contributed by atoms with van der Waals surface area (Å²) in [5, 5.41) is 10.1. The minimum Gasteiger partial charge on any atom is -0.481 e. The molecular weight excluding hydrogens is 212 g/mol. The number of anilines is 1. The van der Waals surface area contributed by atoms with E-state index in [1.54, 1.807) is 11.3 Å². The van der Waals surface area contributed by atoms with Crippen LogP contribution in [0.4, 0.5) is 5.13 Å². The first-order valence-corrected chi connectivity index (χ1v) is 6.04. The lowest BCUT2D eigenvalue weighted by Gasteiger charge is -2.30. The number of fused-ring (bicyclic) bond motifs is 1. The third-order valence-corrected chi connectivity index (χ3v) is 4.32. The summed E-state index contributed by atoms with van der Waals surface area (Å²) in [6.07, 6.45) is 2.84. The maximum Gasteiger partial charge on any atom is 0.312 e. The van der Waals surface area contributed by atoms with E-state index in [0.29, 0.717) is 0 Å². The van der Waals surface area contributed by atoms with Crippen LogP contribution in [0, 0.1) is 0 Å². The fourth-order valence-corrected chi connectivity index (χ4v) is 3.29. The molecule has 0 amide bonds. The van der Waals surface area contributed by atoms with Gasteiger partial charge in [-0.1, -0.05) is 0 Å². The van der Waals surface area contributed by atoms with Crippen LogP contribution >= 0.6 is 11.3 Å². The molecule has 1 aromatic heterocycles. The molecular formula is C10H12N2O2S. The van der Waals surface area contributed by atoms with Gasteiger partial charge < -0.3 is 10.0 Å². The summed E-state index contributed by atoms with van der Waals surface area (Å²) >= 11 is 1.68. The molecule has 0 bridgehead atoms. The molecule has 1 unspecified atom stereocenters. The molecule has 0 spiro atoms. The van der Waals surface area contributed by atoms with E-state index in [0.717, 1.165) is 36.8 Å². The van der Waals surface area contributed by atoms with Gasteiger partial charge in [0.05, 0.1) is 5.69 Å². The third kappa shape index (κ3) is 1.33. The smallest absolute Gasteiger partial charge is 0.312 e. The van der Waals surface area contributed by atoms with Crippen molar-refractivity contribution in [1.82, 2.24) is 4.98 Å². The molecule has 0 radical (unpaired) electrons. The number of aromatic nitrogens is 1. The van der Waals surface area contributed by atoms with E-state index in [-0.39, 0.29) is 5.92 Å². The fraction of sp³-hybridized carbons (Fsp3) is 0.600. The zero-order valence-electron chi connectivity index (χ0n) is 8.27. The maximum atomic E-state index is 11.0. The molecule has 80 valence electrons. The van der Waals surface area contributed by atoms with Crippen molar-refractivity contribution >= 4 is 22.4 Å². The highest BCUT2D eigenvalue weighted by Crippen LogP contribution is 2.40. The maximum absolute atomic E-state index is 11.0. The van der Waals surface area contributed by atoms with Crippen LogP contribution in [0.5, 0.6) is 0 Å². The van der Waals surface area contributed by atoms with Gasteiger partial charge in [-0.2, -0.15) is 0 Å². The molecule has 1 aliphatic carbocycles. The molecule has 1 aliphatic heterocycles. The number of thiazole rings is 1. The second kappa shape index (κ2) is 3.20. The highest BCUT2D eigenvalue weighted by atomic mass is 32.1. The van der Waals surface area contributed by atoms with Crippen molar-refractivity contribution in [2.45, 2.75) is 25.2 Å². The summed E-state index contributed by atoms with van der Waals surface area (Å²) < 4.78 is 0. The van der Waals surface area contributed by atoms with Gasteiger partial charge in [0.25, 0.3) is 0 Å². The van der Waals surface area contributed by atoms with Crippen molar-refractivity contribution in [2.24, 2.45) is 0 Å². The first kappa shape index (κ1) is 9.15. The second-order valence-electron chi connectivity index (χ2n) is 4.07. The van der Waals surface area contributed by atoms with Gasteiger partial charge in [0, 0.05) is 18.0 Å². The van der Waals surface area contributed by atoms with Gasteiger partial charge in [-0.25, -0.2) is 4.98 Å². The zero-order valence-corrected chi connectivity index (χ0v) is 9.09. The predicted molar refractivity (Wildman–Crippen MR) is 57.6 cm³/mol. The van der Waals surface area contributed by atoms with Gasteiger partial charge in [0.2, 0.25) is 0 Å². The average molecular weight is 224 g/mol. The largest absolute Gasteiger partial charge is 0.481 e. The highest BCUT2D eigenvalue weighted by molar-refractivity contribution is 7.15. The molecule has 3 rings (SSSR count). The summed E-state index contributed by atoms with van der Waals surface area (Å²) in [5.74, 6) is -1.08. The lowest BCUT2D eigenvalue weighted by molar-refractivity contribution is -0.138. The first-order chi connectivity index (χ1) is 7.25. The van der Waals surface area contributed by atoms with E-state index in [1.807, 2.05) is 0 Å². The van der Waals surface area contributed by atoms with E-state index >= 15 is 0 Å². The van der Waals surface area contributed by atoms with Crippen LogP contribution in [0.3, 0.4) is 0 Å². The third-order valence-electron chi connectivity index (χ3n) is 3.13. The van der Waals surface area contributed by atoms with E-state index in [1.165, 1.54) is 11.3 Å². The van der Waals surface area contributed by atoms with E-state index in [2.05, 4.69) is 9.88 Å². The summed E-state index contributed by atoms with van der Waals surface area (Å²) in [6, 6.07) is 0. The first-order valence-electron chi connectivity index (χ1n) is 5.23. The molecule has 4 nitrogen and oxygen atoms in total. The molecule has 0 saturated carbocycles. The molecule has 15 heavy (non-hydrogen) atoms. The van der Waals surface area contributed by atoms with Gasteiger partial charge in [-0.05, 0) is 19.3 Å². The van der Waals surface area contributed by atoms with Crippen LogP contribution in [-0.4, -0.2) is 29.1 Å². The summed E-state index contributed by atoms with van der Waals surface area (Å²) in [7, 11) is 0. The van der Waals surface area contributed by atoms with E-state index in [4.69, 9.17) is 5.11 Å². The minimum atomic E-state index is -0.728. The Balaban J connectivity index is 1.91. The Hall–Kier alpha value is -1.10. The Morgan fingerprint density at radius 3 is 2.93 bits per heavy atom. The normalized spacial score (nSPS) is 23.7. The molecule has 2 aliphatic rings. The van der Waals surface area contributed by atoms with Crippen LogP contribution in [-0.2, 0) is 11.2 Å². The van der Waals surface area contributed by atoms with Crippen LogP contribution in [0.2, 0.25) is 0 Å². The summed E-state index contributed by atoms with van der Waals surface area (Å²) in [4.78, 5) is 18.9. The van der Waals surface area contributed by atoms with Crippen molar-refractivity contribution < 1.29 is 9.90 Å². The molecule has 1 N–H and O–H groups in total. The molecule has 1 fully saturated rings. The lowest BCUT2D eigenvalue weighted by atomic mass is 10.1. The number of rotatable bonds is 2. The number of aryl methyl sites for hydroxylation is 1. The number of nitrogens with zero attached hydrogens (tertiary/aromatic N) is 2. The van der Waals surface area contributed by atoms with Crippen molar-refractivity contribution in [3.63, 3.8) is 0 Å². The summed E-state index contributed by atoms with van der Waals surface area (Å²) in [5.41, 5.74) is 0.828. The van der Waals surface area contributed by atoms with Crippen LogP contribution in [0.1, 0.15) is 29.3 Å². The molecule has 1 saturated heterocycles. The van der Waals surface area contributed by atoms with Gasteiger partial charge in [-0.3, -0.25) is 4.79 Å². The fourth-order valence-electron chi connectivity index (χ4n) is 2.10. The number of carboxylic acid groups (broad SMARTS) is 1. The topological polar surface area (TPSA) is 53.4 Å². The van der Waals surface area contributed by atoms with E-state index in [9.17, 15) is 4.79 Å². The average Bonchev–Trinajstić information content (AvgIpc) is 2.57. The second-order valence-corrected chi connectivity index (χ2v) is 5.14. The Labute approximate surface area is 91.5 Å². The Morgan fingerprint density at radius 1 is 1.53 bits per heavy atom. The van der Waals surface area contributed by atoms with Crippen LogP contribution in [0.25, 0.3) is 0 Å². The van der Waals surface area contributed by atoms with E-state index < -0.39 is 5.97 Å². The standard InChI is InChI=1S/C10H12N2O2S/c13-9(14)6-2-3-7-8(6)11-10(15-7)12-4-1-5-12/h6H,1-5H2,(H,13,14). The number of hydrogen-bond donors (Lipinski definition) is 1. The Bertz CT molecular complexity index is 412. The summed E-state index contributed by atoms with van der Waals surface area (Å²) in [6.45, 7) is 2.15. The van der Waals surface area contributed by atoms with Gasteiger partial charge in [0.1, 0.15) is 5.92 Å². The SMILES string of the molecule is O=C(O)C1CCc2sc(N3CCC3)nc21. The minimum absolute atomic E-state index is 0.355. The van der Waals surface area contributed by atoms with Crippen molar-refractivity contribution in [2.75, 3.05) is 18.0 Å². The van der Waals surface area contributed by atoms with Crippen LogP contribution < -0.4 is 4.90 Å². The highest BCUT2D eigenvalue weighted by Gasteiger charge is 2.33. The van der Waals surface area contributed by atoms with Crippen LogP contribution in [0.15, 0.2) is 0 Å². The number of aliphatic carboxylic acids is 1. The molecule has 1 aromatic rings. The predicted octanol–water partition coefficient (Wildman–Crippen LogP) is 1.47. The lowest BCUT2D eigenvalue weighted by Crippen LogP contribution is -2.36. The molecule has 0 aromatic carbocycles. The van der Waals surface area contributed by atoms with Crippen molar-refractivity contribution in [3.05, 3.63) is 10.6 Å². The molecule has 1 atom stereocenters. The van der Waals surface area contributed by atoms with Crippen molar-refractivity contribution in [3.8, 4) is 0 Å². The number of carboxylic acids is 1. The monoisotopic (exact) mass is 224 g/mol.